The predicted octanol–water partition coefficient (Wildman–Crippen LogP) is 5.93. The van der Waals surface area contributed by atoms with Crippen molar-refractivity contribution in [2.45, 2.75) is 7.43 Å². The van der Waals surface area contributed by atoms with Gasteiger partial charge in [-0.2, -0.15) is 0 Å². The topological polar surface area (TPSA) is 0 Å². The van der Waals surface area contributed by atoms with Crippen molar-refractivity contribution in [1.82, 2.24) is 0 Å². The van der Waals surface area contributed by atoms with Crippen LogP contribution in [0.5, 0.6) is 0 Å². The minimum atomic E-state index is -0.324. The van der Waals surface area contributed by atoms with Gasteiger partial charge in [0.05, 0.1) is 0 Å². The van der Waals surface area contributed by atoms with E-state index in [0.717, 1.165) is 5.56 Å². The highest BCUT2D eigenvalue weighted by Crippen LogP contribution is 2.28. The minimum absolute atomic E-state index is 0. The van der Waals surface area contributed by atoms with E-state index in [4.69, 9.17) is 0 Å². The van der Waals surface area contributed by atoms with E-state index in [-0.39, 0.29) is 19.1 Å². The smallest absolute Gasteiger partial charge is 0.131 e. The molecule has 0 aliphatic heterocycles. The van der Waals surface area contributed by atoms with E-state index in [0.29, 0.717) is 16.7 Å². The molecule has 0 saturated carbocycles. The quantitative estimate of drug-likeness (QED) is 0.546. The van der Waals surface area contributed by atoms with Gasteiger partial charge in [-0.25, -0.2) is 8.78 Å². The molecule has 0 aliphatic carbocycles. The summed E-state index contributed by atoms with van der Waals surface area (Å²) in [6, 6.07) is 20.5. The van der Waals surface area contributed by atoms with Crippen LogP contribution in [-0.4, -0.2) is 0 Å². The van der Waals surface area contributed by atoms with Gasteiger partial charge in [0.15, 0.2) is 0 Å². The molecule has 0 aliphatic rings. The molecule has 0 spiro atoms. The van der Waals surface area contributed by atoms with E-state index in [1.54, 1.807) is 24.3 Å². The lowest BCUT2D eigenvalue weighted by molar-refractivity contribution is 0.627. The third-order valence-corrected chi connectivity index (χ3v) is 3.21. The lowest BCUT2D eigenvalue weighted by atomic mass is 10.00. The number of hydrogen-bond acceptors (Lipinski definition) is 0. The molecule has 0 heterocycles. The van der Waals surface area contributed by atoms with Gasteiger partial charge in [-0.05, 0) is 34.9 Å². The predicted molar refractivity (Wildman–Crippen MR) is 84.0 cm³/mol. The number of benzene rings is 3. The highest BCUT2D eigenvalue weighted by molar-refractivity contribution is 5.71. The van der Waals surface area contributed by atoms with E-state index >= 15 is 0 Å². The Morgan fingerprint density at radius 2 is 1.24 bits per heavy atom. The third kappa shape index (κ3) is 3.16. The minimum Gasteiger partial charge on any atom is -0.207 e. The summed E-state index contributed by atoms with van der Waals surface area (Å²) < 4.78 is 27.4. The molecule has 0 fully saturated rings. The van der Waals surface area contributed by atoms with Gasteiger partial charge >= 0.3 is 0 Å². The standard InChI is InChI=1S/C18H12F2.CH4/c19-16-8-4-7-14(11-16)15-9-10-17(18(20)12-15)13-5-2-1-3-6-13;/h1-12H;1H4. The van der Waals surface area contributed by atoms with Gasteiger partial charge in [0.25, 0.3) is 0 Å². The highest BCUT2D eigenvalue weighted by atomic mass is 19.1. The maximum absolute atomic E-state index is 14.2. The van der Waals surface area contributed by atoms with Gasteiger partial charge in [0, 0.05) is 5.56 Å². The summed E-state index contributed by atoms with van der Waals surface area (Å²) in [6.45, 7) is 0. The molecule has 0 saturated heterocycles. The molecule has 0 aromatic heterocycles. The Morgan fingerprint density at radius 1 is 0.571 bits per heavy atom. The zero-order valence-corrected chi connectivity index (χ0v) is 10.7. The number of hydrogen-bond donors (Lipinski definition) is 0. The van der Waals surface area contributed by atoms with Crippen molar-refractivity contribution in [3.05, 3.63) is 84.4 Å². The second kappa shape index (κ2) is 6.31. The van der Waals surface area contributed by atoms with Crippen molar-refractivity contribution < 1.29 is 8.78 Å². The molecule has 0 unspecified atom stereocenters. The van der Waals surface area contributed by atoms with Gasteiger partial charge in [0.2, 0.25) is 0 Å². The van der Waals surface area contributed by atoms with Gasteiger partial charge in [0.1, 0.15) is 11.6 Å². The lowest BCUT2D eigenvalue weighted by Crippen LogP contribution is -1.87. The van der Waals surface area contributed by atoms with Crippen molar-refractivity contribution in [3.63, 3.8) is 0 Å². The first-order valence-corrected chi connectivity index (χ1v) is 6.35. The lowest BCUT2D eigenvalue weighted by Gasteiger charge is -2.07. The second-order valence-corrected chi connectivity index (χ2v) is 4.57. The average molecular weight is 282 g/mol. The monoisotopic (exact) mass is 282 g/mol. The highest BCUT2D eigenvalue weighted by Gasteiger charge is 2.07. The second-order valence-electron chi connectivity index (χ2n) is 4.57. The molecule has 0 radical (unpaired) electrons. The first-order valence-electron chi connectivity index (χ1n) is 6.35. The van der Waals surface area contributed by atoms with Gasteiger partial charge < -0.3 is 0 Å². The summed E-state index contributed by atoms with van der Waals surface area (Å²) >= 11 is 0. The molecule has 0 N–H and O–H groups in total. The maximum atomic E-state index is 14.2. The fourth-order valence-corrected chi connectivity index (χ4v) is 2.21. The van der Waals surface area contributed by atoms with Crippen molar-refractivity contribution in [3.8, 4) is 22.3 Å². The van der Waals surface area contributed by atoms with Crippen LogP contribution >= 0.6 is 0 Å². The normalized spacial score (nSPS) is 10.0. The summed E-state index contributed by atoms with van der Waals surface area (Å²) in [4.78, 5) is 0. The Morgan fingerprint density at radius 3 is 1.90 bits per heavy atom. The Bertz CT molecular complexity index is 734. The third-order valence-electron chi connectivity index (χ3n) is 3.21. The molecule has 3 aromatic carbocycles. The zero-order chi connectivity index (χ0) is 13.9. The summed E-state index contributed by atoms with van der Waals surface area (Å²) in [6.07, 6.45) is 0. The zero-order valence-electron chi connectivity index (χ0n) is 10.7. The molecule has 0 atom stereocenters. The van der Waals surface area contributed by atoms with Crippen LogP contribution in [0, 0.1) is 11.6 Å². The van der Waals surface area contributed by atoms with Crippen LogP contribution < -0.4 is 0 Å². The van der Waals surface area contributed by atoms with Crippen molar-refractivity contribution in [2.24, 2.45) is 0 Å². The molecule has 21 heavy (non-hydrogen) atoms. The van der Waals surface area contributed by atoms with E-state index in [9.17, 15) is 8.78 Å². The Hall–Kier alpha value is -2.48. The number of rotatable bonds is 2. The van der Waals surface area contributed by atoms with Gasteiger partial charge in [-0.1, -0.05) is 62.0 Å². The average Bonchev–Trinajstić information content (AvgIpc) is 2.48. The van der Waals surface area contributed by atoms with E-state index in [1.807, 2.05) is 30.3 Å². The van der Waals surface area contributed by atoms with Crippen LogP contribution in [0.1, 0.15) is 7.43 Å². The maximum Gasteiger partial charge on any atom is 0.131 e. The van der Waals surface area contributed by atoms with E-state index < -0.39 is 0 Å². The molecular formula is C19H16F2. The number of halogens is 2. The molecule has 2 heteroatoms. The summed E-state index contributed by atoms with van der Waals surface area (Å²) in [5.74, 6) is -0.631. The van der Waals surface area contributed by atoms with Crippen LogP contribution in [-0.2, 0) is 0 Å². The van der Waals surface area contributed by atoms with E-state index in [2.05, 4.69) is 0 Å². The van der Waals surface area contributed by atoms with Crippen molar-refractivity contribution in [1.29, 1.82) is 0 Å². The summed E-state index contributed by atoms with van der Waals surface area (Å²) in [5, 5.41) is 0. The van der Waals surface area contributed by atoms with Gasteiger partial charge in [-0.3, -0.25) is 0 Å². The summed E-state index contributed by atoms with van der Waals surface area (Å²) in [7, 11) is 0. The van der Waals surface area contributed by atoms with Crippen molar-refractivity contribution in [2.75, 3.05) is 0 Å². The van der Waals surface area contributed by atoms with Crippen LogP contribution in [0.4, 0.5) is 8.78 Å². The van der Waals surface area contributed by atoms with Crippen LogP contribution in [0.2, 0.25) is 0 Å². The Kier molecular flexibility index (Phi) is 4.49. The van der Waals surface area contributed by atoms with Crippen LogP contribution in [0.3, 0.4) is 0 Å². The molecule has 106 valence electrons. The molecule has 3 rings (SSSR count). The van der Waals surface area contributed by atoms with Crippen molar-refractivity contribution >= 4 is 0 Å². The summed E-state index contributed by atoms with van der Waals surface area (Å²) in [5.41, 5.74) is 2.71. The Balaban J connectivity index is 0.00000161. The molecule has 3 aromatic rings. The van der Waals surface area contributed by atoms with Crippen LogP contribution in [0.15, 0.2) is 72.8 Å². The molecule has 0 bridgehead atoms. The molecule has 0 amide bonds. The largest absolute Gasteiger partial charge is 0.207 e. The SMILES string of the molecule is C.Fc1cccc(-c2ccc(-c3ccccc3)c(F)c2)c1. The molecule has 0 nitrogen and oxygen atoms in total. The van der Waals surface area contributed by atoms with E-state index in [1.165, 1.54) is 18.2 Å². The molecular weight excluding hydrogens is 266 g/mol. The Labute approximate surface area is 123 Å². The van der Waals surface area contributed by atoms with Gasteiger partial charge in [-0.15, -0.1) is 0 Å². The first kappa shape index (κ1) is 14.9. The fourth-order valence-electron chi connectivity index (χ4n) is 2.21. The van der Waals surface area contributed by atoms with Crippen LogP contribution in [0.25, 0.3) is 22.3 Å². The first-order chi connectivity index (χ1) is 9.74. The fraction of sp³-hybridized carbons (Fsp3) is 0.0526.